The summed E-state index contributed by atoms with van der Waals surface area (Å²) >= 11 is 0. The summed E-state index contributed by atoms with van der Waals surface area (Å²) in [7, 11) is 1.81. The molecule has 0 aliphatic heterocycles. The fourth-order valence-corrected chi connectivity index (χ4v) is 0.876. The Kier molecular flexibility index (Phi) is 4.91. The summed E-state index contributed by atoms with van der Waals surface area (Å²) in [6.45, 7) is 6.47. The summed E-state index contributed by atoms with van der Waals surface area (Å²) in [6, 6.07) is 0. The highest BCUT2D eigenvalue weighted by atomic mass is 14.6. The second kappa shape index (κ2) is 5.21. The van der Waals surface area contributed by atoms with E-state index in [4.69, 9.17) is 0 Å². The maximum absolute atomic E-state index is 3.96. The van der Waals surface area contributed by atoms with E-state index in [1.165, 1.54) is 24.0 Å². The first-order valence-electron chi connectivity index (χ1n) is 3.80. The second-order valence-electron chi connectivity index (χ2n) is 2.60. The summed E-state index contributed by atoms with van der Waals surface area (Å²) in [5.41, 5.74) is 2.76. The predicted octanol–water partition coefficient (Wildman–Crippen LogP) is 2.82. The molecule has 0 atom stereocenters. The molecule has 0 aromatic rings. The summed E-state index contributed by atoms with van der Waals surface area (Å²) in [5.74, 6) is 0. The predicted molar refractivity (Wildman–Crippen MR) is 47.7 cm³/mol. The molecule has 0 unspecified atom stereocenters. The van der Waals surface area contributed by atoms with Gasteiger partial charge in [-0.2, -0.15) is 0 Å². The van der Waals surface area contributed by atoms with Gasteiger partial charge in [-0.15, -0.1) is 0 Å². The van der Waals surface area contributed by atoms with Crippen LogP contribution in [0.3, 0.4) is 0 Å². The third-order valence-corrected chi connectivity index (χ3v) is 1.62. The van der Waals surface area contributed by atoms with E-state index in [1.54, 1.807) is 0 Å². The second-order valence-corrected chi connectivity index (χ2v) is 2.60. The smallest absolute Gasteiger partial charge is 0.0277 e. The molecule has 0 fully saturated rings. The van der Waals surface area contributed by atoms with Crippen LogP contribution in [0.4, 0.5) is 0 Å². The Morgan fingerprint density at radius 3 is 2.40 bits per heavy atom. The summed E-state index contributed by atoms with van der Waals surface area (Å²) in [6.07, 6.45) is 4.34. The molecular formula is C9H17N. The van der Waals surface area contributed by atoms with E-state index in [1.807, 2.05) is 13.3 Å². The van der Waals surface area contributed by atoms with Gasteiger partial charge < -0.3 is 0 Å². The molecule has 1 nitrogen and oxygen atoms in total. The minimum absolute atomic E-state index is 1.19. The quantitative estimate of drug-likeness (QED) is 0.533. The molecule has 0 aliphatic rings. The van der Waals surface area contributed by atoms with Gasteiger partial charge in [-0.25, -0.2) is 0 Å². The third-order valence-electron chi connectivity index (χ3n) is 1.62. The molecule has 0 amide bonds. The van der Waals surface area contributed by atoms with E-state index in [9.17, 15) is 0 Å². The van der Waals surface area contributed by atoms with Gasteiger partial charge in [0.25, 0.3) is 0 Å². The zero-order chi connectivity index (χ0) is 7.98. The van der Waals surface area contributed by atoms with E-state index >= 15 is 0 Å². The van der Waals surface area contributed by atoms with Crippen molar-refractivity contribution in [2.45, 2.75) is 33.6 Å². The van der Waals surface area contributed by atoms with E-state index in [0.29, 0.717) is 0 Å². The summed E-state index contributed by atoms with van der Waals surface area (Å²) in [4.78, 5) is 3.96. The van der Waals surface area contributed by atoms with Crippen LogP contribution in [0.5, 0.6) is 0 Å². The molecule has 58 valence electrons. The molecule has 0 aliphatic carbocycles. The van der Waals surface area contributed by atoms with E-state index in [-0.39, 0.29) is 0 Å². The van der Waals surface area contributed by atoms with E-state index in [2.05, 4.69) is 25.8 Å². The lowest BCUT2D eigenvalue weighted by Gasteiger charge is -1.99. The van der Waals surface area contributed by atoms with Crippen molar-refractivity contribution in [3.63, 3.8) is 0 Å². The number of nitrogens with zero attached hydrogens (tertiary/aromatic N) is 1. The van der Waals surface area contributed by atoms with Gasteiger partial charge in [-0.1, -0.05) is 18.9 Å². The number of aliphatic imine (C=N–C) groups is 1. The molecule has 0 aromatic carbocycles. The molecule has 0 heterocycles. The molecular weight excluding hydrogens is 122 g/mol. The first kappa shape index (κ1) is 9.41. The van der Waals surface area contributed by atoms with Crippen LogP contribution < -0.4 is 0 Å². The Labute approximate surface area is 63.9 Å². The van der Waals surface area contributed by atoms with Crippen molar-refractivity contribution in [2.24, 2.45) is 4.99 Å². The summed E-state index contributed by atoms with van der Waals surface area (Å²) in [5, 5.41) is 0. The fourth-order valence-electron chi connectivity index (χ4n) is 0.876. The average molecular weight is 139 g/mol. The van der Waals surface area contributed by atoms with Crippen molar-refractivity contribution in [1.82, 2.24) is 0 Å². The molecule has 0 spiro atoms. The van der Waals surface area contributed by atoms with Crippen LogP contribution in [0.15, 0.2) is 16.1 Å². The Balaban J connectivity index is 4.04. The van der Waals surface area contributed by atoms with E-state index < -0.39 is 0 Å². The minimum atomic E-state index is 1.19. The highest BCUT2D eigenvalue weighted by molar-refractivity contribution is 5.78. The molecule has 0 radical (unpaired) electrons. The summed E-state index contributed by atoms with van der Waals surface area (Å²) < 4.78 is 0. The van der Waals surface area contributed by atoms with Gasteiger partial charge >= 0.3 is 0 Å². The first-order chi connectivity index (χ1) is 4.72. The number of allylic oxidation sites excluding steroid dienone is 2. The van der Waals surface area contributed by atoms with Crippen LogP contribution in [0.25, 0.3) is 0 Å². The molecule has 0 saturated carbocycles. The van der Waals surface area contributed by atoms with Crippen molar-refractivity contribution in [2.75, 3.05) is 7.05 Å². The van der Waals surface area contributed by atoms with Gasteiger partial charge in [0.1, 0.15) is 0 Å². The molecule has 0 saturated heterocycles. The Hall–Kier alpha value is -0.590. The topological polar surface area (TPSA) is 12.4 Å². The van der Waals surface area contributed by atoms with Gasteiger partial charge in [0.15, 0.2) is 0 Å². The third kappa shape index (κ3) is 3.44. The SMILES string of the molecule is CCC/C(C)=C(/C)C=NC. The number of hydrogen-bond acceptors (Lipinski definition) is 1. The van der Waals surface area contributed by atoms with Crippen molar-refractivity contribution in [3.8, 4) is 0 Å². The van der Waals surface area contributed by atoms with Crippen LogP contribution in [0.2, 0.25) is 0 Å². The van der Waals surface area contributed by atoms with Gasteiger partial charge in [-0.05, 0) is 25.8 Å². The van der Waals surface area contributed by atoms with Gasteiger partial charge in [0.05, 0.1) is 0 Å². The molecule has 0 N–H and O–H groups in total. The minimum Gasteiger partial charge on any atom is -0.296 e. The number of hydrogen-bond donors (Lipinski definition) is 0. The zero-order valence-electron chi connectivity index (χ0n) is 7.44. The maximum atomic E-state index is 3.96. The maximum Gasteiger partial charge on any atom is 0.0277 e. The average Bonchev–Trinajstić information content (AvgIpc) is 1.89. The van der Waals surface area contributed by atoms with Crippen LogP contribution in [0, 0.1) is 0 Å². The largest absolute Gasteiger partial charge is 0.296 e. The molecule has 0 aromatic heterocycles. The Morgan fingerprint density at radius 1 is 1.40 bits per heavy atom. The van der Waals surface area contributed by atoms with Crippen LogP contribution in [-0.4, -0.2) is 13.3 Å². The number of rotatable bonds is 3. The molecule has 1 heteroatoms. The highest BCUT2D eigenvalue weighted by Crippen LogP contribution is 2.07. The van der Waals surface area contributed by atoms with Gasteiger partial charge in [0, 0.05) is 13.3 Å². The lowest BCUT2D eigenvalue weighted by molar-refractivity contribution is 0.898. The van der Waals surface area contributed by atoms with Gasteiger partial charge in [-0.3, -0.25) is 4.99 Å². The van der Waals surface area contributed by atoms with Crippen LogP contribution in [-0.2, 0) is 0 Å². The Morgan fingerprint density at radius 2 is 2.00 bits per heavy atom. The van der Waals surface area contributed by atoms with Crippen molar-refractivity contribution in [1.29, 1.82) is 0 Å². The van der Waals surface area contributed by atoms with Crippen molar-refractivity contribution in [3.05, 3.63) is 11.1 Å². The standard InChI is InChI=1S/C9H17N/c1-5-6-8(2)9(3)7-10-4/h7H,5-6H2,1-4H3/b9-8-,10-7?. The van der Waals surface area contributed by atoms with Crippen molar-refractivity contribution >= 4 is 6.21 Å². The lowest BCUT2D eigenvalue weighted by atomic mass is 10.1. The normalized spacial score (nSPS) is 14.0. The Bertz CT molecular complexity index is 143. The lowest BCUT2D eigenvalue weighted by Crippen LogP contribution is -1.84. The monoisotopic (exact) mass is 139 g/mol. The van der Waals surface area contributed by atoms with Crippen LogP contribution in [0.1, 0.15) is 33.6 Å². The van der Waals surface area contributed by atoms with Crippen LogP contribution >= 0.6 is 0 Å². The fraction of sp³-hybridized carbons (Fsp3) is 0.667. The van der Waals surface area contributed by atoms with Gasteiger partial charge in [0.2, 0.25) is 0 Å². The zero-order valence-corrected chi connectivity index (χ0v) is 7.44. The highest BCUT2D eigenvalue weighted by Gasteiger charge is 1.90. The first-order valence-corrected chi connectivity index (χ1v) is 3.80. The van der Waals surface area contributed by atoms with Crippen molar-refractivity contribution < 1.29 is 0 Å². The molecule has 0 bridgehead atoms. The van der Waals surface area contributed by atoms with E-state index in [0.717, 1.165) is 0 Å². The molecule has 10 heavy (non-hydrogen) atoms. The molecule has 0 rings (SSSR count).